The maximum absolute atomic E-state index is 12.8. The summed E-state index contributed by atoms with van der Waals surface area (Å²) in [6.07, 6.45) is 0.153. The van der Waals surface area contributed by atoms with Crippen LogP contribution in [-0.2, 0) is 6.42 Å². The van der Waals surface area contributed by atoms with Gasteiger partial charge in [0.25, 0.3) is 0 Å². The minimum absolute atomic E-state index is 0.0512. The van der Waals surface area contributed by atoms with Crippen molar-refractivity contribution in [2.45, 2.75) is 6.42 Å². The van der Waals surface area contributed by atoms with Crippen LogP contribution < -0.4 is 5.73 Å². The minimum Gasteiger partial charge on any atom is -0.505 e. The molecular weight excluding hydrogens is 180 g/mol. The van der Waals surface area contributed by atoms with E-state index in [1.54, 1.807) is 0 Å². The molecule has 13 heavy (non-hydrogen) atoms. The number of halogens is 2. The topological polar surface area (TPSA) is 66.5 Å². The zero-order valence-electron chi connectivity index (χ0n) is 6.72. The van der Waals surface area contributed by atoms with Gasteiger partial charge in [-0.2, -0.15) is 4.39 Å². The van der Waals surface area contributed by atoms with Crippen molar-refractivity contribution >= 4 is 0 Å². The molecule has 3 nitrogen and oxygen atoms in total. The first kappa shape index (κ1) is 9.73. The second-order valence-electron chi connectivity index (χ2n) is 2.57. The molecule has 1 aromatic carbocycles. The van der Waals surface area contributed by atoms with E-state index < -0.39 is 23.1 Å². The predicted octanol–water partition coefficient (Wildman–Crippen LogP) is 0.877. The average molecular weight is 189 g/mol. The highest BCUT2D eigenvalue weighted by molar-refractivity contribution is 5.42. The highest BCUT2D eigenvalue weighted by Crippen LogP contribution is 2.31. The van der Waals surface area contributed by atoms with Gasteiger partial charge in [-0.05, 0) is 19.0 Å². The molecule has 0 amide bonds. The Morgan fingerprint density at radius 3 is 2.38 bits per heavy atom. The lowest BCUT2D eigenvalue weighted by molar-refractivity contribution is 0.363. The van der Waals surface area contributed by atoms with Gasteiger partial charge in [-0.3, -0.25) is 0 Å². The molecule has 0 bridgehead atoms. The third-order valence-corrected chi connectivity index (χ3v) is 1.66. The Morgan fingerprint density at radius 1 is 1.23 bits per heavy atom. The summed E-state index contributed by atoms with van der Waals surface area (Å²) in [6.45, 7) is 0.164. The maximum Gasteiger partial charge on any atom is 0.209 e. The first-order valence-corrected chi connectivity index (χ1v) is 3.66. The molecule has 0 aromatic heterocycles. The highest BCUT2D eigenvalue weighted by atomic mass is 19.1. The number of hydrogen-bond acceptors (Lipinski definition) is 3. The zero-order chi connectivity index (χ0) is 10.0. The monoisotopic (exact) mass is 189 g/mol. The molecule has 72 valence electrons. The lowest BCUT2D eigenvalue weighted by Gasteiger charge is -2.05. The summed E-state index contributed by atoms with van der Waals surface area (Å²) >= 11 is 0. The van der Waals surface area contributed by atoms with Crippen LogP contribution >= 0.6 is 0 Å². The van der Waals surface area contributed by atoms with Crippen molar-refractivity contribution in [3.05, 3.63) is 23.3 Å². The molecular formula is C8H9F2NO2. The molecule has 0 spiro atoms. The van der Waals surface area contributed by atoms with Gasteiger partial charge in [0, 0.05) is 5.56 Å². The molecule has 0 unspecified atom stereocenters. The molecule has 0 aliphatic heterocycles. The molecule has 0 aliphatic carbocycles. The number of phenolic OH excluding ortho intramolecular Hbond substituents is 2. The number of phenols is 2. The van der Waals surface area contributed by atoms with E-state index in [0.717, 1.165) is 6.07 Å². The van der Waals surface area contributed by atoms with E-state index in [0.29, 0.717) is 0 Å². The van der Waals surface area contributed by atoms with Crippen molar-refractivity contribution in [2.75, 3.05) is 6.54 Å². The SMILES string of the molecule is NCCc1cc(F)c(O)c(F)c1O. The third-order valence-electron chi connectivity index (χ3n) is 1.66. The molecule has 0 heterocycles. The number of aromatic hydroxyl groups is 2. The van der Waals surface area contributed by atoms with Gasteiger partial charge < -0.3 is 15.9 Å². The van der Waals surface area contributed by atoms with Crippen molar-refractivity contribution < 1.29 is 19.0 Å². The summed E-state index contributed by atoms with van der Waals surface area (Å²) in [7, 11) is 0. The second-order valence-corrected chi connectivity index (χ2v) is 2.57. The quantitative estimate of drug-likeness (QED) is 0.646. The van der Waals surface area contributed by atoms with Gasteiger partial charge in [0.1, 0.15) is 0 Å². The Hall–Kier alpha value is -1.36. The Kier molecular flexibility index (Phi) is 2.67. The van der Waals surface area contributed by atoms with Crippen LogP contribution in [0.25, 0.3) is 0 Å². The highest BCUT2D eigenvalue weighted by Gasteiger charge is 2.16. The molecule has 5 heteroatoms. The molecule has 0 atom stereocenters. The van der Waals surface area contributed by atoms with Crippen LogP contribution in [0.5, 0.6) is 11.5 Å². The van der Waals surface area contributed by atoms with E-state index >= 15 is 0 Å². The standard InChI is InChI=1S/C8H9F2NO2/c9-5-3-4(1-2-11)7(12)6(10)8(5)13/h3,12-13H,1-2,11H2. The molecule has 1 aromatic rings. The Morgan fingerprint density at radius 2 is 1.85 bits per heavy atom. The van der Waals surface area contributed by atoms with Crippen LogP contribution in [0.2, 0.25) is 0 Å². The maximum atomic E-state index is 12.8. The molecule has 0 saturated heterocycles. The van der Waals surface area contributed by atoms with Crippen molar-refractivity contribution in [1.82, 2.24) is 0 Å². The smallest absolute Gasteiger partial charge is 0.209 e. The van der Waals surface area contributed by atoms with Crippen molar-refractivity contribution in [1.29, 1.82) is 0 Å². The molecule has 0 saturated carbocycles. The van der Waals surface area contributed by atoms with Crippen molar-refractivity contribution in [2.24, 2.45) is 5.73 Å². The van der Waals surface area contributed by atoms with Gasteiger partial charge in [0.2, 0.25) is 5.82 Å². The summed E-state index contributed by atoms with van der Waals surface area (Å²) < 4.78 is 25.5. The van der Waals surface area contributed by atoms with E-state index in [9.17, 15) is 8.78 Å². The van der Waals surface area contributed by atoms with E-state index in [-0.39, 0.29) is 18.5 Å². The molecule has 4 N–H and O–H groups in total. The zero-order valence-corrected chi connectivity index (χ0v) is 6.72. The fraction of sp³-hybridized carbons (Fsp3) is 0.250. The fourth-order valence-corrected chi connectivity index (χ4v) is 0.994. The lowest BCUT2D eigenvalue weighted by Crippen LogP contribution is -2.04. The Balaban J connectivity index is 3.24. The van der Waals surface area contributed by atoms with Gasteiger partial charge in [-0.1, -0.05) is 0 Å². The summed E-state index contributed by atoms with van der Waals surface area (Å²) in [4.78, 5) is 0. The predicted molar refractivity (Wildman–Crippen MR) is 42.4 cm³/mol. The van der Waals surface area contributed by atoms with E-state index in [2.05, 4.69) is 0 Å². The van der Waals surface area contributed by atoms with Crippen LogP contribution in [0.1, 0.15) is 5.56 Å². The van der Waals surface area contributed by atoms with Gasteiger partial charge in [0.05, 0.1) is 0 Å². The summed E-state index contributed by atoms with van der Waals surface area (Å²) in [6, 6.07) is 0.862. The average Bonchev–Trinajstić information content (AvgIpc) is 2.11. The first-order valence-electron chi connectivity index (χ1n) is 3.66. The third kappa shape index (κ3) is 1.70. The number of hydrogen-bond donors (Lipinski definition) is 3. The van der Waals surface area contributed by atoms with Crippen LogP contribution in [0, 0.1) is 11.6 Å². The van der Waals surface area contributed by atoms with Crippen molar-refractivity contribution in [3.63, 3.8) is 0 Å². The van der Waals surface area contributed by atoms with Gasteiger partial charge >= 0.3 is 0 Å². The van der Waals surface area contributed by atoms with Gasteiger partial charge in [0.15, 0.2) is 17.3 Å². The number of nitrogens with two attached hydrogens (primary N) is 1. The van der Waals surface area contributed by atoms with Crippen molar-refractivity contribution in [3.8, 4) is 11.5 Å². The summed E-state index contributed by atoms with van der Waals surface area (Å²) in [5, 5.41) is 17.8. The Bertz CT molecular complexity index is 328. The summed E-state index contributed by atoms with van der Waals surface area (Å²) in [5.41, 5.74) is 5.20. The van der Waals surface area contributed by atoms with Gasteiger partial charge in [-0.15, -0.1) is 0 Å². The van der Waals surface area contributed by atoms with Gasteiger partial charge in [-0.25, -0.2) is 4.39 Å². The van der Waals surface area contributed by atoms with Crippen LogP contribution in [0.3, 0.4) is 0 Å². The molecule has 0 fully saturated rings. The van der Waals surface area contributed by atoms with Crippen LogP contribution in [0.4, 0.5) is 8.78 Å². The molecule has 0 radical (unpaired) electrons. The number of rotatable bonds is 2. The lowest BCUT2D eigenvalue weighted by atomic mass is 10.1. The second kappa shape index (κ2) is 3.57. The fourth-order valence-electron chi connectivity index (χ4n) is 0.994. The molecule has 1 rings (SSSR count). The van der Waals surface area contributed by atoms with Crippen LogP contribution in [-0.4, -0.2) is 16.8 Å². The van der Waals surface area contributed by atoms with E-state index in [4.69, 9.17) is 15.9 Å². The molecule has 0 aliphatic rings. The van der Waals surface area contributed by atoms with E-state index in [1.807, 2.05) is 0 Å². The van der Waals surface area contributed by atoms with E-state index in [1.165, 1.54) is 0 Å². The minimum atomic E-state index is -1.34. The normalized spacial score (nSPS) is 10.4. The Labute approximate surface area is 73.4 Å². The largest absolute Gasteiger partial charge is 0.505 e. The van der Waals surface area contributed by atoms with Crippen LogP contribution in [0.15, 0.2) is 6.07 Å². The summed E-state index contributed by atoms with van der Waals surface area (Å²) in [5.74, 6) is -4.36. The first-order chi connectivity index (χ1) is 6.07. The number of benzene rings is 1.